The molecular formula is CCuLiN. The molecule has 0 aromatic carbocycles. The van der Waals surface area contributed by atoms with Gasteiger partial charge in [0, 0.05) is 17.1 Å². The molecular weight excluding hydrogens is 96.5 g/mol. The molecule has 3 heteroatoms. The molecule has 0 spiro atoms. The topological polar surface area (TPSA) is 23.8 Å². The summed E-state index contributed by atoms with van der Waals surface area (Å²) in [6, 6.07) is 0. The van der Waals surface area contributed by atoms with Crippen LogP contribution in [0, 0.1) is 11.8 Å². The van der Waals surface area contributed by atoms with Gasteiger partial charge < -0.3 is 11.8 Å². The molecule has 0 fully saturated rings. The van der Waals surface area contributed by atoms with E-state index in [4.69, 9.17) is 11.8 Å². The minimum Gasteiger partial charge on any atom is -0.512 e. The monoisotopic (exact) mass is 95.9 g/mol. The molecule has 0 aromatic heterocycles. The van der Waals surface area contributed by atoms with Crippen molar-refractivity contribution in [1.29, 1.82) is 5.26 Å². The largest absolute Gasteiger partial charge is 1.00 e. The molecule has 0 aliphatic carbocycles. The second kappa shape index (κ2) is 66.6. The molecule has 0 heterocycles. The summed E-state index contributed by atoms with van der Waals surface area (Å²) >= 11 is 0. The van der Waals surface area contributed by atoms with Gasteiger partial charge >= 0.3 is 18.9 Å². The first-order valence-corrected chi connectivity index (χ1v) is 0.224. The summed E-state index contributed by atoms with van der Waals surface area (Å²) in [5, 5.41) is 6.25. The van der Waals surface area contributed by atoms with Crippen molar-refractivity contribution in [3.63, 3.8) is 0 Å². The number of hydrogen-bond donors (Lipinski definition) is 0. The van der Waals surface area contributed by atoms with Crippen molar-refractivity contribution in [1.82, 2.24) is 0 Å². The van der Waals surface area contributed by atoms with Crippen LogP contribution in [0.25, 0.3) is 0 Å². The maximum absolute atomic E-state index is 6.25. The van der Waals surface area contributed by atoms with Gasteiger partial charge in [-0.3, -0.25) is 0 Å². The average molecular weight is 96.5 g/mol. The van der Waals surface area contributed by atoms with E-state index in [1.807, 2.05) is 0 Å². The molecule has 0 atom stereocenters. The molecule has 0 saturated heterocycles. The van der Waals surface area contributed by atoms with Crippen LogP contribution in [0.1, 0.15) is 0 Å². The van der Waals surface area contributed by atoms with Gasteiger partial charge in [0.2, 0.25) is 0 Å². The van der Waals surface area contributed by atoms with Crippen molar-refractivity contribution in [3.8, 4) is 0 Å². The third kappa shape index (κ3) is 18.3. The molecule has 0 N–H and O–H groups in total. The van der Waals surface area contributed by atoms with Gasteiger partial charge in [0.05, 0.1) is 0 Å². The minimum absolute atomic E-state index is 0. The first-order valence-electron chi connectivity index (χ1n) is 0.224. The maximum Gasteiger partial charge on any atom is 1.00 e. The van der Waals surface area contributed by atoms with E-state index in [9.17, 15) is 0 Å². The van der Waals surface area contributed by atoms with Gasteiger partial charge in [-0.1, -0.05) is 0 Å². The van der Waals surface area contributed by atoms with Gasteiger partial charge in [0.25, 0.3) is 0 Å². The van der Waals surface area contributed by atoms with Gasteiger partial charge in [0.1, 0.15) is 0 Å². The predicted molar refractivity (Wildman–Crippen MR) is 4.97 cm³/mol. The fourth-order valence-corrected chi connectivity index (χ4v) is 0. The number of nitrogens with zero attached hydrogens (tertiary/aromatic N) is 1. The van der Waals surface area contributed by atoms with E-state index in [1.165, 1.54) is 0 Å². The zero-order valence-electron chi connectivity index (χ0n) is 2.25. The molecule has 0 amide bonds. The summed E-state index contributed by atoms with van der Waals surface area (Å²) in [5.74, 6) is 0. The van der Waals surface area contributed by atoms with Crippen LogP contribution in [0.4, 0.5) is 0 Å². The van der Waals surface area contributed by atoms with Crippen molar-refractivity contribution in [2.24, 2.45) is 0 Å². The molecule has 0 bridgehead atoms. The molecule has 0 unspecified atom stereocenters. The Kier molecular flexibility index (Phi) is 386. The minimum atomic E-state index is 0. The van der Waals surface area contributed by atoms with Crippen LogP contribution >= 0.6 is 0 Å². The van der Waals surface area contributed by atoms with Crippen molar-refractivity contribution >= 4 is 0 Å². The smallest absolute Gasteiger partial charge is 0.512 e. The Balaban J connectivity index is -0.00000000500. The van der Waals surface area contributed by atoms with Crippen LogP contribution in [0.3, 0.4) is 0 Å². The predicted octanol–water partition coefficient (Wildman–Crippen LogP) is -2.90. The van der Waals surface area contributed by atoms with Crippen molar-refractivity contribution in [2.75, 3.05) is 0 Å². The third-order valence-electron chi connectivity index (χ3n) is 0. The van der Waals surface area contributed by atoms with E-state index in [1.54, 1.807) is 0 Å². The molecule has 0 saturated carbocycles. The van der Waals surface area contributed by atoms with E-state index in [0.29, 0.717) is 0 Å². The van der Waals surface area contributed by atoms with Crippen LogP contribution in [0.2, 0.25) is 0 Å². The van der Waals surface area contributed by atoms with Gasteiger partial charge in [0.15, 0.2) is 0 Å². The summed E-state index contributed by atoms with van der Waals surface area (Å²) in [4.78, 5) is 0. The van der Waals surface area contributed by atoms with Crippen LogP contribution in [-0.2, 0) is 17.1 Å². The van der Waals surface area contributed by atoms with Crippen LogP contribution in [-0.4, -0.2) is 0 Å². The van der Waals surface area contributed by atoms with E-state index in [2.05, 4.69) is 0 Å². The molecule has 0 rings (SSSR count). The van der Waals surface area contributed by atoms with Gasteiger partial charge in [-0.25, -0.2) is 0 Å². The van der Waals surface area contributed by atoms with Crippen LogP contribution < -0.4 is 18.9 Å². The molecule has 0 aliphatic heterocycles. The second-order valence-electron chi connectivity index (χ2n) is 0. The Morgan fingerprint density at radius 3 is 1.25 bits per heavy atom. The summed E-state index contributed by atoms with van der Waals surface area (Å²) in [6.45, 7) is 4.75. The van der Waals surface area contributed by atoms with E-state index < -0.39 is 0 Å². The number of rotatable bonds is 0. The SMILES string of the molecule is [C-]#N.[Cu].[Li+]. The molecule has 1 nitrogen and oxygen atoms in total. The average Bonchev–Trinajstić information content (AvgIpc) is 1.00. The Labute approximate surface area is 48.0 Å². The first kappa shape index (κ1) is 23.2. The van der Waals surface area contributed by atoms with E-state index in [0.717, 1.165) is 0 Å². The standard InChI is InChI=1S/CN.Cu.Li/c1-2;;/q-1;;+1. The van der Waals surface area contributed by atoms with E-state index in [-0.39, 0.29) is 35.9 Å². The Bertz CT molecular complexity index is 12.8. The van der Waals surface area contributed by atoms with Gasteiger partial charge in [-0.05, 0) is 0 Å². The Morgan fingerprint density at radius 2 is 1.25 bits per heavy atom. The van der Waals surface area contributed by atoms with Crippen LogP contribution in [0.15, 0.2) is 0 Å². The number of hydrogen-bond acceptors (Lipinski definition) is 1. The zero-order chi connectivity index (χ0) is 2.00. The normalized spacial score (nSPS) is 0.500. The zero-order valence-corrected chi connectivity index (χ0v) is 3.19. The third-order valence-corrected chi connectivity index (χ3v) is 0. The second-order valence-corrected chi connectivity index (χ2v) is 0. The molecule has 0 aromatic rings. The summed E-state index contributed by atoms with van der Waals surface area (Å²) < 4.78 is 0. The molecule has 4 heavy (non-hydrogen) atoms. The fraction of sp³-hybridized carbons (Fsp3) is 0. The summed E-state index contributed by atoms with van der Waals surface area (Å²) in [5.41, 5.74) is 0. The summed E-state index contributed by atoms with van der Waals surface area (Å²) in [7, 11) is 0. The van der Waals surface area contributed by atoms with Crippen molar-refractivity contribution < 1.29 is 35.9 Å². The van der Waals surface area contributed by atoms with E-state index >= 15 is 0 Å². The van der Waals surface area contributed by atoms with Gasteiger partial charge in [-0.15, -0.1) is 0 Å². The molecule has 1 radical (unpaired) electrons. The van der Waals surface area contributed by atoms with Crippen molar-refractivity contribution in [3.05, 3.63) is 6.57 Å². The summed E-state index contributed by atoms with van der Waals surface area (Å²) in [6.07, 6.45) is 0. The van der Waals surface area contributed by atoms with Crippen LogP contribution in [0.5, 0.6) is 0 Å². The first-order chi connectivity index (χ1) is 1.00. The van der Waals surface area contributed by atoms with Gasteiger partial charge in [-0.2, -0.15) is 0 Å². The Morgan fingerprint density at radius 1 is 1.25 bits per heavy atom. The fourth-order valence-electron chi connectivity index (χ4n) is 0. The molecule has 0 aliphatic rings. The molecule has 21 valence electrons. The maximum atomic E-state index is 6.25. The Hall–Kier alpha value is 0.607. The quantitative estimate of drug-likeness (QED) is 0.234. The van der Waals surface area contributed by atoms with Crippen molar-refractivity contribution in [2.45, 2.75) is 0 Å².